The molecule has 0 aromatic carbocycles. The van der Waals surface area contributed by atoms with Crippen molar-refractivity contribution in [1.82, 2.24) is 19.7 Å². The molecule has 0 saturated heterocycles. The number of rotatable bonds is 5. The van der Waals surface area contributed by atoms with Crippen LogP contribution in [0.3, 0.4) is 0 Å². The van der Waals surface area contributed by atoms with Gasteiger partial charge in [-0.1, -0.05) is 0 Å². The van der Waals surface area contributed by atoms with Crippen molar-refractivity contribution in [2.45, 2.75) is 38.3 Å². The van der Waals surface area contributed by atoms with Crippen molar-refractivity contribution in [2.24, 2.45) is 0 Å². The molecule has 7 nitrogen and oxygen atoms in total. The van der Waals surface area contributed by atoms with Crippen molar-refractivity contribution in [3.8, 4) is 5.95 Å². The largest absolute Gasteiger partial charge is 0.435 e. The molecule has 3 rings (SSSR count). The van der Waals surface area contributed by atoms with Crippen LogP contribution in [-0.2, 0) is 15.8 Å². The SMILES string of the molecule is CC(=O)CC(=O)Nc1cnc(-n2nc(C(F)(F)F)cc2C2CC2)nc1. The number of anilines is 1. The summed E-state index contributed by atoms with van der Waals surface area (Å²) in [6, 6.07) is 1.02. The van der Waals surface area contributed by atoms with Crippen LogP contribution in [0.4, 0.5) is 18.9 Å². The topological polar surface area (TPSA) is 89.8 Å². The maximum Gasteiger partial charge on any atom is 0.435 e. The van der Waals surface area contributed by atoms with Crippen molar-refractivity contribution in [3.63, 3.8) is 0 Å². The Morgan fingerprint density at radius 3 is 2.44 bits per heavy atom. The molecule has 1 amide bonds. The van der Waals surface area contributed by atoms with Crippen molar-refractivity contribution < 1.29 is 22.8 Å². The number of carbonyl (C=O) groups is 2. The van der Waals surface area contributed by atoms with Gasteiger partial charge in [-0.15, -0.1) is 0 Å². The second-order valence-electron chi connectivity index (χ2n) is 5.84. The van der Waals surface area contributed by atoms with Gasteiger partial charge in [0.1, 0.15) is 5.78 Å². The lowest BCUT2D eigenvalue weighted by Gasteiger charge is -2.06. The third-order valence-corrected chi connectivity index (χ3v) is 3.54. The predicted octanol–water partition coefficient (Wildman–Crippen LogP) is 2.48. The molecule has 0 bridgehead atoms. The van der Waals surface area contributed by atoms with E-state index < -0.39 is 17.8 Å². The molecule has 1 saturated carbocycles. The Morgan fingerprint density at radius 2 is 1.92 bits per heavy atom. The van der Waals surface area contributed by atoms with Gasteiger partial charge in [0.25, 0.3) is 5.95 Å². The van der Waals surface area contributed by atoms with Crippen molar-refractivity contribution >= 4 is 17.4 Å². The Hall–Kier alpha value is -2.78. The second kappa shape index (κ2) is 6.26. The second-order valence-corrected chi connectivity index (χ2v) is 5.84. The van der Waals surface area contributed by atoms with Gasteiger partial charge < -0.3 is 5.32 Å². The van der Waals surface area contributed by atoms with Crippen LogP contribution in [0.5, 0.6) is 0 Å². The Bertz CT molecular complexity index is 810. The Kier molecular flexibility index (Phi) is 4.27. The Labute approximate surface area is 140 Å². The fourth-order valence-electron chi connectivity index (χ4n) is 2.29. The summed E-state index contributed by atoms with van der Waals surface area (Å²) in [6.45, 7) is 1.29. The molecule has 10 heteroatoms. The normalized spacial score (nSPS) is 14.4. The zero-order chi connectivity index (χ0) is 18.2. The molecule has 0 unspecified atom stereocenters. The lowest BCUT2D eigenvalue weighted by atomic mass is 10.2. The quantitative estimate of drug-likeness (QED) is 0.834. The van der Waals surface area contributed by atoms with Crippen molar-refractivity contribution in [3.05, 3.63) is 29.8 Å². The maximum atomic E-state index is 12.9. The van der Waals surface area contributed by atoms with E-state index in [-0.39, 0.29) is 29.8 Å². The van der Waals surface area contributed by atoms with Crippen molar-refractivity contribution in [2.75, 3.05) is 5.32 Å². The third-order valence-electron chi connectivity index (χ3n) is 3.54. The van der Waals surface area contributed by atoms with Gasteiger partial charge >= 0.3 is 6.18 Å². The molecule has 1 fully saturated rings. The van der Waals surface area contributed by atoms with Crippen LogP contribution in [0, 0.1) is 0 Å². The van der Waals surface area contributed by atoms with E-state index >= 15 is 0 Å². The van der Waals surface area contributed by atoms with E-state index in [1.807, 2.05) is 0 Å². The summed E-state index contributed by atoms with van der Waals surface area (Å²) < 4.78 is 39.8. The maximum absolute atomic E-state index is 12.9. The van der Waals surface area contributed by atoms with Crippen LogP contribution < -0.4 is 5.32 Å². The first-order chi connectivity index (χ1) is 11.7. The van der Waals surface area contributed by atoms with Crippen LogP contribution >= 0.6 is 0 Å². The summed E-state index contributed by atoms with van der Waals surface area (Å²) in [5, 5.41) is 6.01. The molecule has 2 heterocycles. The lowest BCUT2D eigenvalue weighted by Crippen LogP contribution is -2.15. The number of amides is 1. The monoisotopic (exact) mass is 353 g/mol. The minimum absolute atomic E-state index is 0.0121. The number of carbonyl (C=O) groups excluding carboxylic acids is 2. The van der Waals surface area contributed by atoms with Gasteiger partial charge in [-0.3, -0.25) is 9.59 Å². The highest BCUT2D eigenvalue weighted by molar-refractivity contribution is 6.03. The fraction of sp³-hybridized carbons (Fsp3) is 0.400. The van der Waals surface area contributed by atoms with Crippen LogP contribution in [0.2, 0.25) is 0 Å². The highest BCUT2D eigenvalue weighted by Gasteiger charge is 2.38. The average molecular weight is 353 g/mol. The minimum Gasteiger partial charge on any atom is -0.323 e. The molecule has 2 aromatic heterocycles. The van der Waals surface area contributed by atoms with E-state index in [2.05, 4.69) is 20.4 Å². The summed E-state index contributed by atoms with van der Waals surface area (Å²) >= 11 is 0. The van der Waals surface area contributed by atoms with Gasteiger partial charge in [-0.25, -0.2) is 14.6 Å². The highest BCUT2D eigenvalue weighted by atomic mass is 19.4. The number of hydrogen-bond donors (Lipinski definition) is 1. The average Bonchev–Trinajstić information content (AvgIpc) is 3.24. The summed E-state index contributed by atoms with van der Waals surface area (Å²) in [5.41, 5.74) is -0.330. The Balaban J connectivity index is 1.83. The van der Waals surface area contributed by atoms with Crippen LogP contribution in [0.1, 0.15) is 43.5 Å². The predicted molar refractivity (Wildman–Crippen MR) is 80.1 cm³/mol. The smallest absolute Gasteiger partial charge is 0.323 e. The zero-order valence-electron chi connectivity index (χ0n) is 13.2. The number of alkyl halides is 3. The van der Waals surface area contributed by atoms with Gasteiger partial charge in [-0.2, -0.15) is 18.3 Å². The number of aromatic nitrogens is 4. The van der Waals surface area contributed by atoms with Gasteiger partial charge in [0.15, 0.2) is 5.69 Å². The molecule has 0 aliphatic heterocycles. The Morgan fingerprint density at radius 1 is 1.28 bits per heavy atom. The van der Waals surface area contributed by atoms with E-state index in [4.69, 9.17) is 0 Å². The summed E-state index contributed by atoms with van der Waals surface area (Å²) in [7, 11) is 0. The summed E-state index contributed by atoms with van der Waals surface area (Å²) in [6.07, 6.45) is -0.723. The summed E-state index contributed by atoms with van der Waals surface area (Å²) in [5.74, 6) is -0.801. The molecule has 2 aromatic rings. The molecule has 132 valence electrons. The van der Waals surface area contributed by atoms with Crippen LogP contribution in [-0.4, -0.2) is 31.4 Å². The number of hydrogen-bond acceptors (Lipinski definition) is 5. The molecule has 0 radical (unpaired) electrons. The van der Waals surface area contributed by atoms with Crippen LogP contribution in [0.15, 0.2) is 18.5 Å². The molecule has 0 spiro atoms. The first-order valence-electron chi connectivity index (χ1n) is 7.53. The highest BCUT2D eigenvalue weighted by Crippen LogP contribution is 2.42. The van der Waals surface area contributed by atoms with E-state index in [1.165, 1.54) is 19.3 Å². The third kappa shape index (κ3) is 4.01. The van der Waals surface area contributed by atoms with Crippen molar-refractivity contribution in [1.29, 1.82) is 0 Å². The molecular formula is C15H14F3N5O2. The molecular weight excluding hydrogens is 339 g/mol. The zero-order valence-corrected chi connectivity index (χ0v) is 13.2. The van der Waals surface area contributed by atoms with E-state index in [0.29, 0.717) is 5.69 Å². The number of ketones is 1. The number of halogens is 3. The fourth-order valence-corrected chi connectivity index (χ4v) is 2.29. The number of nitrogens with zero attached hydrogens (tertiary/aromatic N) is 4. The van der Waals surface area contributed by atoms with E-state index in [9.17, 15) is 22.8 Å². The lowest BCUT2D eigenvalue weighted by molar-refractivity contribution is -0.141. The standard InChI is InChI=1S/C15H14F3N5O2/c1-8(24)4-13(25)21-10-6-19-14(20-7-10)23-11(9-2-3-9)5-12(22-23)15(16,17)18/h5-7,9H,2-4H2,1H3,(H,21,25). The van der Waals surface area contributed by atoms with Crippen LogP contribution in [0.25, 0.3) is 5.95 Å². The minimum atomic E-state index is -4.55. The van der Waals surface area contributed by atoms with E-state index in [0.717, 1.165) is 23.6 Å². The molecule has 1 aliphatic carbocycles. The van der Waals surface area contributed by atoms with Gasteiger partial charge in [-0.05, 0) is 25.8 Å². The van der Waals surface area contributed by atoms with Gasteiger partial charge in [0, 0.05) is 5.92 Å². The van der Waals surface area contributed by atoms with E-state index in [1.54, 1.807) is 0 Å². The number of Topliss-reactive ketones (excluding diaryl/α,β-unsaturated/α-hetero) is 1. The summed E-state index contributed by atoms with van der Waals surface area (Å²) in [4.78, 5) is 30.3. The molecule has 1 aliphatic rings. The first kappa shape index (κ1) is 17.1. The number of nitrogens with one attached hydrogen (secondary N) is 1. The van der Waals surface area contributed by atoms with Gasteiger partial charge in [0.2, 0.25) is 5.91 Å². The molecule has 0 atom stereocenters. The first-order valence-corrected chi connectivity index (χ1v) is 7.53. The molecule has 25 heavy (non-hydrogen) atoms. The molecule has 1 N–H and O–H groups in total. The van der Waals surface area contributed by atoms with Gasteiger partial charge in [0.05, 0.1) is 30.2 Å².